The second-order valence-corrected chi connectivity index (χ2v) is 5.16. The summed E-state index contributed by atoms with van der Waals surface area (Å²) in [5.41, 5.74) is 0.828. The van der Waals surface area contributed by atoms with Crippen LogP contribution in [0.1, 0.15) is 26.2 Å². The van der Waals surface area contributed by atoms with Crippen molar-refractivity contribution >= 4 is 17.3 Å². The molecular formula is C13H16ClF2NO. The Bertz CT molecular complexity index is 410. The molecule has 0 aromatic heterocycles. The first kappa shape index (κ1) is 13.4. The molecular weight excluding hydrogens is 260 g/mol. The topological polar surface area (TPSA) is 21.3 Å². The molecule has 5 heteroatoms. The van der Waals surface area contributed by atoms with E-state index >= 15 is 0 Å². The third-order valence-electron chi connectivity index (χ3n) is 2.94. The standard InChI is InChI=1S/C13H16ClF2NO/c1-8(6-9-2-3-9)17-10-4-5-12(11(14)7-10)18-13(15)16/h4-5,7-9,13,17H,2-3,6H2,1H3. The summed E-state index contributed by atoms with van der Waals surface area (Å²) >= 11 is 5.88. The summed E-state index contributed by atoms with van der Waals surface area (Å²) in [6.45, 7) is -0.745. The lowest BCUT2D eigenvalue weighted by Gasteiger charge is -2.16. The van der Waals surface area contributed by atoms with Crippen LogP contribution in [0.25, 0.3) is 0 Å². The summed E-state index contributed by atoms with van der Waals surface area (Å²) in [5, 5.41) is 3.50. The number of rotatable bonds is 6. The molecule has 0 spiro atoms. The molecule has 0 heterocycles. The molecule has 1 aromatic carbocycles. The Morgan fingerprint density at radius 2 is 2.17 bits per heavy atom. The highest BCUT2D eigenvalue weighted by atomic mass is 35.5. The maximum absolute atomic E-state index is 12.1. The van der Waals surface area contributed by atoms with Gasteiger partial charge in [0.25, 0.3) is 0 Å². The minimum atomic E-state index is -2.85. The fraction of sp³-hybridized carbons (Fsp3) is 0.538. The number of halogens is 3. The van der Waals surface area contributed by atoms with E-state index in [9.17, 15) is 8.78 Å². The van der Waals surface area contributed by atoms with Gasteiger partial charge in [0.15, 0.2) is 0 Å². The summed E-state index contributed by atoms with van der Waals surface area (Å²) < 4.78 is 28.4. The number of nitrogens with one attached hydrogen (secondary N) is 1. The molecule has 1 aliphatic rings. The lowest BCUT2D eigenvalue weighted by atomic mass is 10.1. The van der Waals surface area contributed by atoms with Crippen molar-refractivity contribution in [2.45, 2.75) is 38.8 Å². The molecule has 0 amide bonds. The molecule has 1 atom stereocenters. The predicted octanol–water partition coefficient (Wildman–Crippen LogP) is 4.54. The molecule has 1 unspecified atom stereocenters. The molecule has 2 nitrogen and oxygen atoms in total. The Kier molecular flexibility index (Phi) is 4.27. The van der Waals surface area contributed by atoms with E-state index in [2.05, 4.69) is 17.0 Å². The van der Waals surface area contributed by atoms with E-state index in [1.54, 1.807) is 12.1 Å². The second-order valence-electron chi connectivity index (χ2n) is 4.75. The third-order valence-corrected chi connectivity index (χ3v) is 3.24. The zero-order valence-electron chi connectivity index (χ0n) is 10.1. The van der Waals surface area contributed by atoms with E-state index in [0.29, 0.717) is 6.04 Å². The molecule has 0 bridgehead atoms. The number of anilines is 1. The maximum atomic E-state index is 12.1. The van der Waals surface area contributed by atoms with Gasteiger partial charge in [-0.25, -0.2) is 0 Å². The molecule has 0 saturated heterocycles. The van der Waals surface area contributed by atoms with Crippen LogP contribution in [-0.4, -0.2) is 12.7 Å². The van der Waals surface area contributed by atoms with E-state index in [1.807, 2.05) is 0 Å². The van der Waals surface area contributed by atoms with Gasteiger partial charge in [0.1, 0.15) is 5.75 Å². The van der Waals surface area contributed by atoms with Crippen molar-refractivity contribution in [2.75, 3.05) is 5.32 Å². The summed E-state index contributed by atoms with van der Waals surface area (Å²) in [6, 6.07) is 5.13. The minimum Gasteiger partial charge on any atom is -0.433 e. The van der Waals surface area contributed by atoms with Crippen LogP contribution in [0.15, 0.2) is 18.2 Å². The number of ether oxygens (including phenoxy) is 1. The summed E-state index contributed by atoms with van der Waals surface area (Å²) in [6.07, 6.45) is 3.76. The smallest absolute Gasteiger partial charge is 0.387 e. The van der Waals surface area contributed by atoms with E-state index in [1.165, 1.54) is 18.9 Å². The molecule has 2 rings (SSSR count). The molecule has 0 radical (unpaired) electrons. The number of benzene rings is 1. The van der Waals surface area contributed by atoms with Crippen molar-refractivity contribution < 1.29 is 13.5 Å². The van der Waals surface area contributed by atoms with Crippen molar-refractivity contribution in [3.8, 4) is 5.75 Å². The highest BCUT2D eigenvalue weighted by molar-refractivity contribution is 6.32. The zero-order chi connectivity index (χ0) is 13.1. The Morgan fingerprint density at radius 3 is 2.72 bits per heavy atom. The van der Waals surface area contributed by atoms with Crippen LogP contribution in [0.4, 0.5) is 14.5 Å². The van der Waals surface area contributed by atoms with Crippen LogP contribution in [0, 0.1) is 5.92 Å². The zero-order valence-corrected chi connectivity index (χ0v) is 10.9. The lowest BCUT2D eigenvalue weighted by Crippen LogP contribution is -2.15. The third kappa shape index (κ3) is 4.02. The van der Waals surface area contributed by atoms with Crippen LogP contribution in [0.3, 0.4) is 0 Å². The minimum absolute atomic E-state index is 0.00654. The Labute approximate surface area is 110 Å². The van der Waals surface area contributed by atoms with Gasteiger partial charge in [0, 0.05) is 11.7 Å². The first-order chi connectivity index (χ1) is 8.54. The van der Waals surface area contributed by atoms with Gasteiger partial charge in [-0.15, -0.1) is 0 Å². The van der Waals surface area contributed by atoms with Crippen LogP contribution in [0.5, 0.6) is 5.75 Å². The average molecular weight is 276 g/mol. The summed E-state index contributed by atoms with van der Waals surface area (Å²) in [7, 11) is 0. The van der Waals surface area contributed by atoms with E-state index in [-0.39, 0.29) is 10.8 Å². The van der Waals surface area contributed by atoms with Gasteiger partial charge < -0.3 is 10.1 Å². The quantitative estimate of drug-likeness (QED) is 0.823. The van der Waals surface area contributed by atoms with Crippen LogP contribution >= 0.6 is 11.6 Å². The maximum Gasteiger partial charge on any atom is 0.387 e. The van der Waals surface area contributed by atoms with Crippen molar-refractivity contribution in [2.24, 2.45) is 5.92 Å². The van der Waals surface area contributed by atoms with Crippen molar-refractivity contribution in [3.63, 3.8) is 0 Å². The van der Waals surface area contributed by atoms with Crippen molar-refractivity contribution in [3.05, 3.63) is 23.2 Å². The number of hydrogen-bond acceptors (Lipinski definition) is 2. The monoisotopic (exact) mass is 275 g/mol. The van der Waals surface area contributed by atoms with Crippen LogP contribution in [0.2, 0.25) is 5.02 Å². The van der Waals surface area contributed by atoms with E-state index in [0.717, 1.165) is 18.0 Å². The fourth-order valence-corrected chi connectivity index (χ4v) is 2.20. The normalized spacial score (nSPS) is 16.7. The SMILES string of the molecule is CC(CC1CC1)Nc1ccc(OC(F)F)c(Cl)c1. The Balaban J connectivity index is 1.94. The van der Waals surface area contributed by atoms with E-state index < -0.39 is 6.61 Å². The molecule has 1 aliphatic carbocycles. The predicted molar refractivity (Wildman–Crippen MR) is 68.5 cm³/mol. The highest BCUT2D eigenvalue weighted by Gasteiger charge is 2.23. The first-order valence-electron chi connectivity index (χ1n) is 6.05. The summed E-state index contributed by atoms with van der Waals surface area (Å²) in [5.74, 6) is 0.844. The molecule has 0 aliphatic heterocycles. The van der Waals surface area contributed by atoms with Gasteiger partial charge in [-0.3, -0.25) is 0 Å². The van der Waals surface area contributed by atoms with Gasteiger partial charge in [-0.2, -0.15) is 8.78 Å². The largest absolute Gasteiger partial charge is 0.433 e. The molecule has 1 saturated carbocycles. The van der Waals surface area contributed by atoms with Gasteiger partial charge in [-0.1, -0.05) is 24.4 Å². The number of hydrogen-bond donors (Lipinski definition) is 1. The lowest BCUT2D eigenvalue weighted by molar-refractivity contribution is -0.0497. The number of alkyl halides is 2. The molecule has 100 valence electrons. The van der Waals surface area contributed by atoms with Crippen molar-refractivity contribution in [1.29, 1.82) is 0 Å². The molecule has 18 heavy (non-hydrogen) atoms. The fourth-order valence-electron chi connectivity index (χ4n) is 1.98. The Morgan fingerprint density at radius 1 is 1.44 bits per heavy atom. The van der Waals surface area contributed by atoms with Gasteiger partial charge in [0.2, 0.25) is 0 Å². The molecule has 1 fully saturated rings. The van der Waals surface area contributed by atoms with Crippen LogP contribution < -0.4 is 10.1 Å². The van der Waals surface area contributed by atoms with Gasteiger partial charge >= 0.3 is 6.61 Å². The average Bonchev–Trinajstić information content (AvgIpc) is 3.05. The first-order valence-corrected chi connectivity index (χ1v) is 6.43. The van der Waals surface area contributed by atoms with Gasteiger partial charge in [0.05, 0.1) is 5.02 Å². The van der Waals surface area contributed by atoms with Crippen LogP contribution in [-0.2, 0) is 0 Å². The second kappa shape index (κ2) is 5.74. The Hall–Kier alpha value is -1.03. The highest BCUT2D eigenvalue weighted by Crippen LogP contribution is 2.34. The van der Waals surface area contributed by atoms with E-state index in [4.69, 9.17) is 11.6 Å². The van der Waals surface area contributed by atoms with Gasteiger partial charge in [-0.05, 0) is 37.5 Å². The molecule has 1 aromatic rings. The van der Waals surface area contributed by atoms with Crippen molar-refractivity contribution in [1.82, 2.24) is 0 Å². The summed E-state index contributed by atoms with van der Waals surface area (Å²) in [4.78, 5) is 0. The molecule has 1 N–H and O–H groups in total.